The van der Waals surface area contributed by atoms with E-state index in [1.807, 2.05) is 37.1 Å². The van der Waals surface area contributed by atoms with Gasteiger partial charge in [0, 0.05) is 14.1 Å². The lowest BCUT2D eigenvalue weighted by molar-refractivity contribution is 0.00920. The largest absolute Gasteiger partial charge is 0.286 e. The first-order valence-electron chi connectivity index (χ1n) is 5.78. The van der Waals surface area contributed by atoms with Gasteiger partial charge in [0.25, 0.3) is 0 Å². The van der Waals surface area contributed by atoms with Crippen molar-refractivity contribution >= 4 is 24.0 Å². The summed E-state index contributed by atoms with van der Waals surface area (Å²) in [5.41, 5.74) is 4.44. The van der Waals surface area contributed by atoms with Crippen molar-refractivity contribution in [2.45, 2.75) is 0 Å². The first kappa shape index (κ1) is 12.5. The molecule has 8 heteroatoms. The second-order valence-electron chi connectivity index (χ2n) is 4.38. The van der Waals surface area contributed by atoms with Crippen LogP contribution in [0.5, 0.6) is 0 Å². The molecule has 3 rings (SSSR count). The maximum Gasteiger partial charge on any atom is 0.187 e. The summed E-state index contributed by atoms with van der Waals surface area (Å²) in [6.07, 6.45) is 0. The molecule has 0 aliphatic carbocycles. The number of hydrogen-bond acceptors (Lipinski definition) is 4. The van der Waals surface area contributed by atoms with E-state index in [9.17, 15) is 0 Å². The van der Waals surface area contributed by atoms with Gasteiger partial charge in [-0.25, -0.2) is 5.43 Å². The van der Waals surface area contributed by atoms with Crippen molar-refractivity contribution < 1.29 is 0 Å². The van der Waals surface area contributed by atoms with E-state index in [1.165, 1.54) is 0 Å². The molecule has 2 aliphatic rings. The van der Waals surface area contributed by atoms with Crippen LogP contribution in [0.1, 0.15) is 0 Å². The highest BCUT2D eigenvalue weighted by atomic mass is 32.4. The van der Waals surface area contributed by atoms with E-state index in [-0.39, 0.29) is 0 Å². The summed E-state index contributed by atoms with van der Waals surface area (Å²) in [4.78, 5) is 0. The topological polar surface area (TPSA) is 37.0 Å². The van der Waals surface area contributed by atoms with Crippen LogP contribution in [0, 0.1) is 0 Å². The predicted octanol–water partition coefficient (Wildman–Crippen LogP) is 0.749. The minimum atomic E-state index is -1.98. The molecule has 2 N–H and O–H groups in total. The number of nitrogens with zero attached hydrogens (tertiary/aromatic N) is 4. The Morgan fingerprint density at radius 2 is 1.94 bits per heavy atom. The Kier molecular flexibility index (Phi) is 3.15. The third-order valence-electron chi connectivity index (χ3n) is 3.31. The Morgan fingerprint density at radius 3 is 2.67 bits per heavy atom. The second kappa shape index (κ2) is 4.54. The molecular weight excluding hydrogens is 267 g/mol. The average molecular weight is 284 g/mol. The summed E-state index contributed by atoms with van der Waals surface area (Å²) >= 11 is 5.81. The fourth-order valence-corrected chi connectivity index (χ4v) is 4.76. The first-order valence-corrected chi connectivity index (χ1v) is 8.49. The van der Waals surface area contributed by atoms with Gasteiger partial charge in [-0.15, -0.1) is 0 Å². The van der Waals surface area contributed by atoms with E-state index in [0.717, 1.165) is 19.0 Å². The summed E-state index contributed by atoms with van der Waals surface area (Å²) < 4.78 is 4.17. The van der Waals surface area contributed by atoms with Crippen LogP contribution in [0.15, 0.2) is 30.3 Å². The number of anilines is 1. The third-order valence-corrected chi connectivity index (χ3v) is 7.50. The van der Waals surface area contributed by atoms with Crippen LogP contribution in [0.4, 0.5) is 5.69 Å². The molecule has 18 heavy (non-hydrogen) atoms. The van der Waals surface area contributed by atoms with Crippen molar-refractivity contribution in [3.05, 3.63) is 30.3 Å². The minimum absolute atomic E-state index is 0.774. The van der Waals surface area contributed by atoms with Gasteiger partial charge in [0.1, 0.15) is 6.67 Å². The van der Waals surface area contributed by atoms with Crippen molar-refractivity contribution in [2.75, 3.05) is 32.4 Å². The smallest absolute Gasteiger partial charge is 0.187 e. The third kappa shape index (κ3) is 1.88. The average Bonchev–Trinajstić information content (AvgIpc) is 2.39. The molecule has 98 valence electrons. The van der Waals surface area contributed by atoms with E-state index in [0.29, 0.717) is 0 Å². The zero-order valence-electron chi connectivity index (χ0n) is 10.4. The molecule has 2 fully saturated rings. The maximum atomic E-state index is 5.81. The fraction of sp³-hybridized carbons (Fsp3) is 0.400. The van der Waals surface area contributed by atoms with Gasteiger partial charge in [-0.2, -0.15) is 19.8 Å². The molecule has 0 radical (unpaired) electrons. The van der Waals surface area contributed by atoms with Gasteiger partial charge < -0.3 is 0 Å². The lowest BCUT2D eigenvalue weighted by atomic mass is 10.3. The minimum Gasteiger partial charge on any atom is -0.286 e. The van der Waals surface area contributed by atoms with Gasteiger partial charge in [-0.3, -0.25) is 5.01 Å². The van der Waals surface area contributed by atoms with E-state index < -0.39 is 6.49 Å². The molecule has 1 aromatic carbocycles. The molecular formula is C10H17N6PS. The Morgan fingerprint density at radius 1 is 1.22 bits per heavy atom. The molecule has 0 saturated carbocycles. The van der Waals surface area contributed by atoms with Crippen molar-refractivity contribution in [3.8, 4) is 0 Å². The normalized spacial score (nSPS) is 33.7. The van der Waals surface area contributed by atoms with Crippen LogP contribution in [0.3, 0.4) is 0 Å². The zero-order valence-corrected chi connectivity index (χ0v) is 12.2. The molecule has 0 amide bonds. The van der Waals surface area contributed by atoms with Crippen molar-refractivity contribution in [1.82, 2.24) is 25.2 Å². The zero-order chi connectivity index (χ0) is 12.8. The Balaban J connectivity index is 1.92. The predicted molar refractivity (Wildman–Crippen MR) is 76.6 cm³/mol. The molecule has 2 unspecified atom stereocenters. The number of hydrogen-bond donors (Lipinski definition) is 2. The highest BCUT2D eigenvalue weighted by Gasteiger charge is 2.42. The molecule has 2 aliphatic heterocycles. The van der Waals surface area contributed by atoms with Crippen LogP contribution in [-0.4, -0.2) is 42.0 Å². The van der Waals surface area contributed by atoms with Crippen LogP contribution in [-0.2, 0) is 11.8 Å². The summed E-state index contributed by atoms with van der Waals surface area (Å²) in [5, 5.41) is 7.82. The lowest BCUT2D eigenvalue weighted by Gasteiger charge is -2.55. The maximum absolute atomic E-state index is 5.81. The van der Waals surface area contributed by atoms with E-state index in [2.05, 4.69) is 37.6 Å². The number of para-hydroxylation sites is 1. The SMILES string of the molecule is CN1NCN2CN(c3ccccc3)NP1(=S)N2C. The summed E-state index contributed by atoms with van der Waals surface area (Å²) in [6.45, 7) is -0.425. The van der Waals surface area contributed by atoms with Crippen LogP contribution in [0.2, 0.25) is 0 Å². The number of fused-ring (bicyclic) bond motifs is 2. The van der Waals surface area contributed by atoms with E-state index >= 15 is 0 Å². The van der Waals surface area contributed by atoms with Crippen LogP contribution >= 0.6 is 6.49 Å². The molecule has 0 aromatic heterocycles. The molecule has 6 nitrogen and oxygen atoms in total. The van der Waals surface area contributed by atoms with Gasteiger partial charge in [0.2, 0.25) is 0 Å². The standard InChI is InChI=1S/C10H17N6PS/c1-13-11-8-15-9-16(10-6-4-3-5-7-10)12-17(13,18)14(15)2/h3-7,11H,8-9H2,1-2H3,(H,12,18). The Hall–Kier alpha value is -0.530. The Bertz CT molecular complexity index is 483. The molecule has 2 bridgehead atoms. The quantitative estimate of drug-likeness (QED) is 0.737. The van der Waals surface area contributed by atoms with Gasteiger partial charge in [0.05, 0.1) is 12.4 Å². The molecule has 0 spiro atoms. The summed E-state index contributed by atoms with van der Waals surface area (Å²) in [7, 11) is 4.05. The van der Waals surface area contributed by atoms with E-state index in [4.69, 9.17) is 11.8 Å². The van der Waals surface area contributed by atoms with E-state index in [1.54, 1.807) is 0 Å². The van der Waals surface area contributed by atoms with Gasteiger partial charge in [0.15, 0.2) is 6.49 Å². The second-order valence-corrected chi connectivity index (χ2v) is 8.38. The first-order chi connectivity index (χ1) is 8.61. The highest BCUT2D eigenvalue weighted by Crippen LogP contribution is 2.51. The fourth-order valence-electron chi connectivity index (χ4n) is 2.12. The molecule has 1 aromatic rings. The van der Waals surface area contributed by atoms with Gasteiger partial charge in [-0.1, -0.05) is 18.2 Å². The summed E-state index contributed by atoms with van der Waals surface area (Å²) in [5.74, 6) is 0. The Labute approximate surface area is 112 Å². The van der Waals surface area contributed by atoms with Gasteiger partial charge >= 0.3 is 0 Å². The summed E-state index contributed by atoms with van der Waals surface area (Å²) in [6, 6.07) is 10.3. The number of nitrogens with one attached hydrogen (secondary N) is 2. The van der Waals surface area contributed by atoms with Gasteiger partial charge in [-0.05, 0) is 23.9 Å². The van der Waals surface area contributed by atoms with Crippen LogP contribution in [0.25, 0.3) is 0 Å². The highest BCUT2D eigenvalue weighted by molar-refractivity contribution is 8.11. The number of benzene rings is 1. The molecule has 2 heterocycles. The van der Waals surface area contributed by atoms with Crippen molar-refractivity contribution in [2.24, 2.45) is 0 Å². The monoisotopic (exact) mass is 284 g/mol. The molecule has 2 saturated heterocycles. The van der Waals surface area contributed by atoms with Crippen LogP contribution < -0.4 is 15.6 Å². The van der Waals surface area contributed by atoms with Crippen molar-refractivity contribution in [1.29, 1.82) is 0 Å². The van der Waals surface area contributed by atoms with Crippen molar-refractivity contribution in [3.63, 3.8) is 0 Å². The molecule has 2 atom stereocenters. The number of rotatable bonds is 1. The lowest BCUT2D eigenvalue weighted by Crippen LogP contribution is -2.67. The number of hydrazine groups is 3.